The molecule has 0 bridgehead atoms. The normalized spacial score (nSPS) is 12.5. The fourth-order valence-electron chi connectivity index (χ4n) is 2.38. The lowest BCUT2D eigenvalue weighted by Gasteiger charge is -2.18. The molecule has 0 aliphatic rings. The second-order valence-corrected chi connectivity index (χ2v) is 5.84. The van der Waals surface area contributed by atoms with E-state index in [0.29, 0.717) is 6.42 Å². The van der Waals surface area contributed by atoms with Crippen LogP contribution in [0.5, 0.6) is 5.75 Å². The highest BCUT2D eigenvalue weighted by molar-refractivity contribution is 5.37. The topological polar surface area (TPSA) is 29.5 Å². The summed E-state index contributed by atoms with van der Waals surface area (Å²) in [5.74, 6) is 0.767. The van der Waals surface area contributed by atoms with Crippen molar-refractivity contribution in [1.82, 2.24) is 0 Å². The minimum atomic E-state index is -0.554. The van der Waals surface area contributed by atoms with E-state index in [-0.39, 0.29) is 6.10 Å². The lowest BCUT2D eigenvalue weighted by atomic mass is 9.98. The molecule has 2 nitrogen and oxygen atoms in total. The van der Waals surface area contributed by atoms with Crippen LogP contribution in [-0.2, 0) is 6.42 Å². The monoisotopic (exact) mass is 284 g/mol. The number of benzene rings is 2. The molecule has 2 rings (SSSR count). The number of para-hydroxylation sites is 1. The summed E-state index contributed by atoms with van der Waals surface area (Å²) in [4.78, 5) is 0. The van der Waals surface area contributed by atoms with Gasteiger partial charge in [-0.05, 0) is 50.5 Å². The summed E-state index contributed by atoms with van der Waals surface area (Å²) in [7, 11) is 0. The van der Waals surface area contributed by atoms with Gasteiger partial charge in [-0.15, -0.1) is 0 Å². The van der Waals surface area contributed by atoms with Gasteiger partial charge in [0.25, 0.3) is 0 Å². The Balaban J connectivity index is 2.19. The Kier molecular flexibility index (Phi) is 5.03. The number of hydrogen-bond donors (Lipinski definition) is 1. The Labute approximate surface area is 127 Å². The molecule has 0 radical (unpaired) electrons. The molecule has 0 aromatic heterocycles. The molecular weight excluding hydrogens is 260 g/mol. The van der Waals surface area contributed by atoms with Gasteiger partial charge in [0.15, 0.2) is 0 Å². The van der Waals surface area contributed by atoms with Gasteiger partial charge < -0.3 is 9.84 Å². The summed E-state index contributed by atoms with van der Waals surface area (Å²) in [6.07, 6.45) is 0.140. The minimum absolute atomic E-state index is 0.0972. The predicted molar refractivity (Wildman–Crippen MR) is 86.8 cm³/mol. The molecule has 0 spiro atoms. The standard InChI is InChI=1S/C19H24O2/c1-13(2)21-19-8-6-5-7-17(19)18(20)12-16-10-9-14(3)15(4)11-16/h5-11,13,18,20H,12H2,1-4H3. The van der Waals surface area contributed by atoms with E-state index in [2.05, 4.69) is 32.0 Å². The SMILES string of the molecule is Cc1ccc(CC(O)c2ccccc2OC(C)C)cc1C. The third-order valence-corrected chi connectivity index (χ3v) is 3.64. The Morgan fingerprint density at radius 2 is 1.71 bits per heavy atom. The summed E-state index contributed by atoms with van der Waals surface area (Å²) in [5, 5.41) is 10.5. The Morgan fingerprint density at radius 3 is 2.38 bits per heavy atom. The van der Waals surface area contributed by atoms with Gasteiger partial charge in [0, 0.05) is 12.0 Å². The van der Waals surface area contributed by atoms with Crippen molar-refractivity contribution in [3.8, 4) is 5.75 Å². The van der Waals surface area contributed by atoms with Crippen LogP contribution in [0.4, 0.5) is 0 Å². The van der Waals surface area contributed by atoms with Crippen molar-refractivity contribution in [2.75, 3.05) is 0 Å². The van der Waals surface area contributed by atoms with Crippen LogP contribution in [0.15, 0.2) is 42.5 Å². The zero-order chi connectivity index (χ0) is 15.4. The van der Waals surface area contributed by atoms with Crippen molar-refractivity contribution in [2.24, 2.45) is 0 Å². The van der Waals surface area contributed by atoms with Crippen molar-refractivity contribution in [3.63, 3.8) is 0 Å². The van der Waals surface area contributed by atoms with Gasteiger partial charge in [-0.3, -0.25) is 0 Å². The molecule has 0 saturated carbocycles. The molecule has 21 heavy (non-hydrogen) atoms. The van der Waals surface area contributed by atoms with Gasteiger partial charge >= 0.3 is 0 Å². The third kappa shape index (κ3) is 4.08. The molecule has 0 heterocycles. The van der Waals surface area contributed by atoms with Crippen molar-refractivity contribution < 1.29 is 9.84 Å². The van der Waals surface area contributed by atoms with E-state index < -0.39 is 6.10 Å². The van der Waals surface area contributed by atoms with Crippen LogP contribution in [0, 0.1) is 13.8 Å². The molecule has 1 unspecified atom stereocenters. The second-order valence-electron chi connectivity index (χ2n) is 5.84. The number of aliphatic hydroxyl groups excluding tert-OH is 1. The molecule has 1 N–H and O–H groups in total. The molecule has 2 aromatic rings. The highest BCUT2D eigenvalue weighted by Crippen LogP contribution is 2.28. The van der Waals surface area contributed by atoms with E-state index in [1.54, 1.807) is 0 Å². The molecule has 0 saturated heterocycles. The first-order valence-electron chi connectivity index (χ1n) is 7.47. The van der Waals surface area contributed by atoms with Crippen LogP contribution in [-0.4, -0.2) is 11.2 Å². The van der Waals surface area contributed by atoms with Crippen LogP contribution in [0.2, 0.25) is 0 Å². The Hall–Kier alpha value is -1.80. The number of rotatable bonds is 5. The molecule has 112 valence electrons. The largest absolute Gasteiger partial charge is 0.491 e. The van der Waals surface area contributed by atoms with E-state index in [9.17, 15) is 5.11 Å². The minimum Gasteiger partial charge on any atom is -0.491 e. The molecule has 0 aliphatic carbocycles. The lowest BCUT2D eigenvalue weighted by Crippen LogP contribution is -2.10. The van der Waals surface area contributed by atoms with Gasteiger partial charge in [0.1, 0.15) is 5.75 Å². The molecule has 2 aromatic carbocycles. The quantitative estimate of drug-likeness (QED) is 0.883. The first kappa shape index (κ1) is 15.6. The summed E-state index contributed by atoms with van der Waals surface area (Å²) in [6, 6.07) is 14.0. The van der Waals surface area contributed by atoms with E-state index in [1.807, 2.05) is 38.1 Å². The fourth-order valence-corrected chi connectivity index (χ4v) is 2.38. The van der Waals surface area contributed by atoms with Crippen LogP contribution in [0.3, 0.4) is 0 Å². The van der Waals surface area contributed by atoms with Crippen LogP contribution >= 0.6 is 0 Å². The van der Waals surface area contributed by atoms with Crippen molar-refractivity contribution in [1.29, 1.82) is 0 Å². The van der Waals surface area contributed by atoms with Gasteiger partial charge in [0.05, 0.1) is 12.2 Å². The molecule has 0 amide bonds. The van der Waals surface area contributed by atoms with E-state index in [0.717, 1.165) is 16.9 Å². The number of ether oxygens (including phenoxy) is 1. The number of hydrogen-bond acceptors (Lipinski definition) is 2. The lowest BCUT2D eigenvalue weighted by molar-refractivity contribution is 0.166. The molecule has 0 aliphatic heterocycles. The Bertz CT molecular complexity index is 602. The summed E-state index contributed by atoms with van der Waals surface area (Å²) >= 11 is 0. The van der Waals surface area contributed by atoms with E-state index >= 15 is 0 Å². The van der Waals surface area contributed by atoms with Crippen molar-refractivity contribution >= 4 is 0 Å². The van der Waals surface area contributed by atoms with Gasteiger partial charge in [-0.1, -0.05) is 36.4 Å². The molecule has 1 atom stereocenters. The number of aryl methyl sites for hydroxylation is 2. The summed E-state index contributed by atoms with van der Waals surface area (Å²) in [6.45, 7) is 8.18. The van der Waals surface area contributed by atoms with Crippen molar-refractivity contribution in [3.05, 3.63) is 64.7 Å². The van der Waals surface area contributed by atoms with Gasteiger partial charge in [0.2, 0.25) is 0 Å². The summed E-state index contributed by atoms with van der Waals surface area (Å²) < 4.78 is 5.79. The van der Waals surface area contributed by atoms with Crippen LogP contribution in [0.25, 0.3) is 0 Å². The Morgan fingerprint density at radius 1 is 1.00 bits per heavy atom. The molecule has 0 fully saturated rings. The van der Waals surface area contributed by atoms with Crippen LogP contribution in [0.1, 0.15) is 42.2 Å². The zero-order valence-electron chi connectivity index (χ0n) is 13.3. The first-order chi connectivity index (χ1) is 9.97. The van der Waals surface area contributed by atoms with Crippen molar-refractivity contribution in [2.45, 2.75) is 46.3 Å². The maximum absolute atomic E-state index is 10.5. The second kappa shape index (κ2) is 6.77. The predicted octanol–water partition coefficient (Wildman–Crippen LogP) is 4.37. The van der Waals surface area contributed by atoms with E-state index in [1.165, 1.54) is 11.1 Å². The summed E-state index contributed by atoms with van der Waals surface area (Å²) in [5.41, 5.74) is 4.53. The molecular formula is C19H24O2. The number of aliphatic hydroxyl groups is 1. The van der Waals surface area contributed by atoms with Crippen LogP contribution < -0.4 is 4.74 Å². The molecule has 2 heteroatoms. The fraction of sp³-hybridized carbons (Fsp3) is 0.368. The smallest absolute Gasteiger partial charge is 0.125 e. The van der Waals surface area contributed by atoms with Gasteiger partial charge in [-0.2, -0.15) is 0 Å². The first-order valence-corrected chi connectivity index (χ1v) is 7.47. The maximum Gasteiger partial charge on any atom is 0.125 e. The highest BCUT2D eigenvalue weighted by Gasteiger charge is 2.15. The van der Waals surface area contributed by atoms with Gasteiger partial charge in [-0.25, -0.2) is 0 Å². The maximum atomic E-state index is 10.5. The van der Waals surface area contributed by atoms with E-state index in [4.69, 9.17) is 4.74 Å². The third-order valence-electron chi connectivity index (χ3n) is 3.64. The highest BCUT2D eigenvalue weighted by atomic mass is 16.5. The average Bonchev–Trinajstić information content (AvgIpc) is 2.43. The zero-order valence-corrected chi connectivity index (χ0v) is 13.3. The average molecular weight is 284 g/mol.